The van der Waals surface area contributed by atoms with E-state index in [1.54, 1.807) is 11.8 Å². The molecule has 1 heterocycles. The second-order valence-electron chi connectivity index (χ2n) is 6.36. The van der Waals surface area contributed by atoms with E-state index in [9.17, 15) is 14.0 Å². The van der Waals surface area contributed by atoms with Crippen molar-refractivity contribution >= 4 is 35.8 Å². The van der Waals surface area contributed by atoms with Gasteiger partial charge in [-0.15, -0.1) is 12.4 Å². The molecule has 0 spiro atoms. The summed E-state index contributed by atoms with van der Waals surface area (Å²) in [5.41, 5.74) is 5.37. The van der Waals surface area contributed by atoms with Gasteiger partial charge < -0.3 is 20.7 Å². The van der Waals surface area contributed by atoms with Crippen LogP contribution in [0.3, 0.4) is 0 Å². The van der Waals surface area contributed by atoms with Crippen LogP contribution in [0.5, 0.6) is 5.75 Å². The molecule has 27 heavy (non-hydrogen) atoms. The molecule has 2 unspecified atom stereocenters. The van der Waals surface area contributed by atoms with Crippen molar-refractivity contribution < 1.29 is 18.7 Å². The smallest absolute Gasteiger partial charge is 0.263 e. The van der Waals surface area contributed by atoms with Crippen molar-refractivity contribution in [2.45, 2.75) is 44.8 Å². The van der Waals surface area contributed by atoms with Crippen LogP contribution in [0.1, 0.15) is 32.6 Å². The van der Waals surface area contributed by atoms with Gasteiger partial charge in [-0.1, -0.05) is 11.6 Å². The minimum absolute atomic E-state index is 0. The van der Waals surface area contributed by atoms with Gasteiger partial charge in [0.1, 0.15) is 11.6 Å². The maximum atomic E-state index is 13.1. The molecule has 0 aliphatic carbocycles. The van der Waals surface area contributed by atoms with Gasteiger partial charge in [0.25, 0.3) is 5.91 Å². The van der Waals surface area contributed by atoms with Crippen LogP contribution in [0.25, 0.3) is 0 Å². The Bertz CT molecular complexity index is 648. The maximum Gasteiger partial charge on any atom is 0.263 e. The second-order valence-corrected chi connectivity index (χ2v) is 6.77. The summed E-state index contributed by atoms with van der Waals surface area (Å²) in [4.78, 5) is 26.2. The quantitative estimate of drug-likeness (QED) is 0.707. The van der Waals surface area contributed by atoms with Crippen molar-refractivity contribution in [2.24, 2.45) is 5.73 Å². The Morgan fingerprint density at radius 2 is 2.19 bits per heavy atom. The number of nitrogens with zero attached hydrogens (tertiary/aromatic N) is 1. The molecule has 0 saturated carbocycles. The average Bonchev–Trinajstić information content (AvgIpc) is 2.62. The number of hydrogen-bond acceptors (Lipinski definition) is 4. The highest BCUT2D eigenvalue weighted by molar-refractivity contribution is 6.32. The van der Waals surface area contributed by atoms with Crippen LogP contribution in [-0.2, 0) is 9.59 Å². The summed E-state index contributed by atoms with van der Waals surface area (Å²) in [6.07, 6.45) is 2.23. The average molecular weight is 422 g/mol. The van der Waals surface area contributed by atoms with Gasteiger partial charge in [-0.2, -0.15) is 0 Å². The number of amides is 2. The summed E-state index contributed by atoms with van der Waals surface area (Å²) in [6.45, 7) is 2.94. The summed E-state index contributed by atoms with van der Waals surface area (Å²) in [5.74, 6) is -0.500. The first-order chi connectivity index (χ1) is 12.4. The van der Waals surface area contributed by atoms with Crippen molar-refractivity contribution in [3.05, 3.63) is 29.0 Å². The molecule has 1 aliphatic heterocycles. The number of hydrogen-bond donors (Lipinski definition) is 2. The largest absolute Gasteiger partial charge is 0.479 e. The molecule has 1 fully saturated rings. The molecule has 1 aromatic carbocycles. The summed E-state index contributed by atoms with van der Waals surface area (Å²) < 4.78 is 18.8. The van der Waals surface area contributed by atoms with Gasteiger partial charge in [0.05, 0.1) is 5.02 Å². The molecule has 1 aromatic rings. The number of halogens is 3. The van der Waals surface area contributed by atoms with E-state index >= 15 is 0 Å². The Balaban J connectivity index is 0.00000364. The molecule has 0 radical (unpaired) electrons. The van der Waals surface area contributed by atoms with Crippen LogP contribution in [0.2, 0.25) is 5.02 Å². The monoisotopic (exact) mass is 421 g/mol. The molecule has 1 saturated heterocycles. The van der Waals surface area contributed by atoms with Gasteiger partial charge in [-0.05, 0) is 44.4 Å². The molecule has 9 heteroatoms. The molecule has 2 atom stereocenters. The van der Waals surface area contributed by atoms with Crippen molar-refractivity contribution in [1.29, 1.82) is 0 Å². The molecular weight excluding hydrogens is 396 g/mol. The summed E-state index contributed by atoms with van der Waals surface area (Å²) in [5, 5.41) is 2.95. The number of piperidine rings is 1. The molecule has 0 bridgehead atoms. The predicted molar refractivity (Wildman–Crippen MR) is 105 cm³/mol. The number of carbonyl (C=O) groups is 2. The zero-order valence-electron chi connectivity index (χ0n) is 15.2. The van der Waals surface area contributed by atoms with E-state index in [4.69, 9.17) is 22.1 Å². The third-order valence-corrected chi connectivity index (χ3v) is 4.66. The van der Waals surface area contributed by atoms with Crippen LogP contribution in [0, 0.1) is 5.82 Å². The third-order valence-electron chi connectivity index (χ3n) is 4.36. The first-order valence-corrected chi connectivity index (χ1v) is 9.19. The Hall–Kier alpha value is -1.57. The van der Waals surface area contributed by atoms with E-state index in [0.717, 1.165) is 25.3 Å². The summed E-state index contributed by atoms with van der Waals surface area (Å²) >= 11 is 5.96. The van der Waals surface area contributed by atoms with Gasteiger partial charge in [0, 0.05) is 32.1 Å². The molecule has 3 N–H and O–H groups in total. The highest BCUT2D eigenvalue weighted by atomic mass is 35.5. The Kier molecular flexibility index (Phi) is 9.83. The topological polar surface area (TPSA) is 84.7 Å². The number of carbonyl (C=O) groups excluding carboxylic acids is 2. The van der Waals surface area contributed by atoms with Gasteiger partial charge in [0.2, 0.25) is 5.91 Å². The predicted octanol–water partition coefficient (Wildman–Crippen LogP) is 2.51. The normalized spacial score (nSPS) is 17.6. The number of likely N-dealkylation sites (tertiary alicyclic amines) is 1. The van der Waals surface area contributed by atoms with Gasteiger partial charge in [-0.25, -0.2) is 4.39 Å². The van der Waals surface area contributed by atoms with E-state index in [-0.39, 0.29) is 47.5 Å². The number of ether oxygens (including phenoxy) is 1. The van der Waals surface area contributed by atoms with Gasteiger partial charge >= 0.3 is 0 Å². The highest BCUT2D eigenvalue weighted by Gasteiger charge is 2.31. The van der Waals surface area contributed by atoms with E-state index in [1.165, 1.54) is 12.1 Å². The lowest BCUT2D eigenvalue weighted by atomic mass is 10.0. The van der Waals surface area contributed by atoms with E-state index in [0.29, 0.717) is 19.6 Å². The Labute approximate surface area is 170 Å². The fraction of sp³-hybridized carbons (Fsp3) is 0.556. The van der Waals surface area contributed by atoms with Crippen LogP contribution < -0.4 is 15.8 Å². The summed E-state index contributed by atoms with van der Waals surface area (Å²) in [7, 11) is 0. The highest BCUT2D eigenvalue weighted by Crippen LogP contribution is 2.27. The number of nitrogens with two attached hydrogens (primary N) is 1. The SMILES string of the molecule is CC(Oc1ccc(F)cc1Cl)C(=O)N1CCCCC1CNC(=O)CCN.Cl. The van der Waals surface area contributed by atoms with E-state index in [2.05, 4.69) is 5.32 Å². The van der Waals surface area contributed by atoms with Crippen molar-refractivity contribution in [3.8, 4) is 5.75 Å². The van der Waals surface area contributed by atoms with Crippen LogP contribution in [0.15, 0.2) is 18.2 Å². The molecule has 1 aliphatic rings. The zero-order chi connectivity index (χ0) is 19.1. The van der Waals surface area contributed by atoms with E-state index in [1.807, 2.05) is 0 Å². The Morgan fingerprint density at radius 1 is 1.44 bits per heavy atom. The number of benzene rings is 1. The number of nitrogens with one attached hydrogen (secondary N) is 1. The number of rotatable bonds is 7. The van der Waals surface area contributed by atoms with Gasteiger partial charge in [0.15, 0.2) is 6.10 Å². The third kappa shape index (κ3) is 6.83. The fourth-order valence-corrected chi connectivity index (χ4v) is 3.21. The fourth-order valence-electron chi connectivity index (χ4n) is 3.00. The lowest BCUT2D eigenvalue weighted by Crippen LogP contribution is -2.53. The molecule has 2 amide bonds. The lowest BCUT2D eigenvalue weighted by Gasteiger charge is -2.37. The van der Waals surface area contributed by atoms with Crippen molar-refractivity contribution in [1.82, 2.24) is 10.2 Å². The van der Waals surface area contributed by atoms with Crippen molar-refractivity contribution in [2.75, 3.05) is 19.6 Å². The standard InChI is InChI=1S/C18H25ClFN3O3.ClH/c1-12(26-16-6-5-13(20)10-15(16)19)18(25)23-9-3-2-4-14(23)11-22-17(24)7-8-21;/h5-6,10,12,14H,2-4,7-9,11,21H2,1H3,(H,22,24);1H. The second kappa shape index (κ2) is 11.3. The summed E-state index contributed by atoms with van der Waals surface area (Å²) in [6, 6.07) is 3.70. The molecule has 152 valence electrons. The molecule has 2 rings (SSSR count). The van der Waals surface area contributed by atoms with Crippen molar-refractivity contribution in [3.63, 3.8) is 0 Å². The first kappa shape index (κ1) is 23.5. The Morgan fingerprint density at radius 3 is 2.85 bits per heavy atom. The zero-order valence-corrected chi connectivity index (χ0v) is 16.8. The van der Waals surface area contributed by atoms with Crippen LogP contribution in [0.4, 0.5) is 4.39 Å². The first-order valence-electron chi connectivity index (χ1n) is 8.81. The van der Waals surface area contributed by atoms with Gasteiger partial charge in [-0.3, -0.25) is 9.59 Å². The van der Waals surface area contributed by atoms with Crippen LogP contribution >= 0.6 is 24.0 Å². The molecule has 0 aromatic heterocycles. The lowest BCUT2D eigenvalue weighted by molar-refractivity contribution is -0.142. The minimum atomic E-state index is -0.765. The minimum Gasteiger partial charge on any atom is -0.479 e. The van der Waals surface area contributed by atoms with Crippen LogP contribution in [-0.4, -0.2) is 48.5 Å². The molecule has 6 nitrogen and oxygen atoms in total. The maximum absolute atomic E-state index is 13.1. The van der Waals surface area contributed by atoms with E-state index < -0.39 is 11.9 Å². The molecular formula is C18H26Cl2FN3O3.